The summed E-state index contributed by atoms with van der Waals surface area (Å²) in [7, 11) is 2.19. The van der Waals surface area contributed by atoms with Gasteiger partial charge in [-0.2, -0.15) is 0 Å². The fourth-order valence-electron chi connectivity index (χ4n) is 3.51. The molecule has 2 heterocycles. The van der Waals surface area contributed by atoms with E-state index in [2.05, 4.69) is 53.4 Å². The lowest BCUT2D eigenvalue weighted by molar-refractivity contribution is 0.361. The molecule has 0 radical (unpaired) electrons. The number of benzene rings is 1. The van der Waals surface area contributed by atoms with E-state index in [1.54, 1.807) is 0 Å². The molecule has 0 amide bonds. The molecule has 3 heteroatoms. The van der Waals surface area contributed by atoms with Gasteiger partial charge in [-0.05, 0) is 37.9 Å². The number of nitrogens with zero attached hydrogens (tertiary/aromatic N) is 2. The van der Waals surface area contributed by atoms with Crippen molar-refractivity contribution in [3.63, 3.8) is 0 Å². The van der Waals surface area contributed by atoms with Gasteiger partial charge in [0.1, 0.15) is 0 Å². The molecule has 0 aromatic heterocycles. The summed E-state index contributed by atoms with van der Waals surface area (Å²) >= 11 is 0. The Bertz CT molecular complexity index is 437. The summed E-state index contributed by atoms with van der Waals surface area (Å²) in [6, 6.07) is 8.80. The largest absolute Gasteiger partial charge is 0.371 e. The Labute approximate surface area is 116 Å². The van der Waals surface area contributed by atoms with Crippen LogP contribution in [0.15, 0.2) is 24.3 Å². The van der Waals surface area contributed by atoms with Crippen LogP contribution in [0.4, 0.5) is 11.4 Å². The van der Waals surface area contributed by atoms with E-state index in [0.717, 1.165) is 19.6 Å². The van der Waals surface area contributed by atoms with Crippen molar-refractivity contribution in [3.05, 3.63) is 24.3 Å². The average molecular weight is 259 g/mol. The molecule has 1 unspecified atom stereocenters. The van der Waals surface area contributed by atoms with Crippen LogP contribution in [0.5, 0.6) is 0 Å². The first-order valence-corrected chi connectivity index (χ1v) is 7.54. The van der Waals surface area contributed by atoms with Crippen LogP contribution in [0.3, 0.4) is 0 Å². The third-order valence-corrected chi connectivity index (χ3v) is 4.84. The Morgan fingerprint density at radius 1 is 1.21 bits per heavy atom. The highest BCUT2D eigenvalue weighted by atomic mass is 15.3. The number of rotatable bonds is 3. The normalized spacial score (nSPS) is 26.6. The van der Waals surface area contributed by atoms with Crippen LogP contribution in [-0.4, -0.2) is 38.8 Å². The van der Waals surface area contributed by atoms with Gasteiger partial charge in [-0.25, -0.2) is 0 Å². The number of fused-ring (bicyclic) bond motifs is 1. The van der Waals surface area contributed by atoms with Crippen LogP contribution in [0, 0.1) is 0 Å². The van der Waals surface area contributed by atoms with E-state index < -0.39 is 0 Å². The Hall–Kier alpha value is -1.22. The van der Waals surface area contributed by atoms with E-state index in [4.69, 9.17) is 0 Å². The van der Waals surface area contributed by atoms with Crippen molar-refractivity contribution in [2.75, 3.05) is 43.0 Å². The van der Waals surface area contributed by atoms with Gasteiger partial charge < -0.3 is 15.1 Å². The molecule has 0 saturated carbocycles. The summed E-state index contributed by atoms with van der Waals surface area (Å²) < 4.78 is 0. The highest BCUT2D eigenvalue weighted by Crippen LogP contribution is 2.34. The quantitative estimate of drug-likeness (QED) is 0.899. The van der Waals surface area contributed by atoms with Crippen LogP contribution in [0.2, 0.25) is 0 Å². The highest BCUT2D eigenvalue weighted by Gasteiger charge is 2.34. The van der Waals surface area contributed by atoms with Crippen molar-refractivity contribution in [3.8, 4) is 0 Å². The van der Waals surface area contributed by atoms with Gasteiger partial charge in [0.25, 0.3) is 0 Å². The van der Waals surface area contributed by atoms with Gasteiger partial charge in [0.2, 0.25) is 0 Å². The van der Waals surface area contributed by atoms with Crippen LogP contribution < -0.4 is 15.1 Å². The molecule has 2 aliphatic heterocycles. The molecule has 1 aromatic carbocycles. The third kappa shape index (κ3) is 2.32. The fraction of sp³-hybridized carbons (Fsp3) is 0.625. The van der Waals surface area contributed by atoms with Crippen molar-refractivity contribution in [1.82, 2.24) is 5.32 Å². The number of para-hydroxylation sites is 2. The summed E-state index contributed by atoms with van der Waals surface area (Å²) in [6.07, 6.45) is 3.86. The maximum Gasteiger partial charge on any atom is 0.0605 e. The van der Waals surface area contributed by atoms with Crippen LogP contribution in [-0.2, 0) is 0 Å². The molecule has 1 fully saturated rings. The smallest absolute Gasteiger partial charge is 0.0605 e. The van der Waals surface area contributed by atoms with Gasteiger partial charge in [-0.3, -0.25) is 0 Å². The summed E-state index contributed by atoms with van der Waals surface area (Å²) in [6.45, 7) is 6.91. The number of nitrogens with one attached hydrogen (secondary N) is 1. The molecule has 3 nitrogen and oxygen atoms in total. The molecule has 1 atom stereocenters. The summed E-state index contributed by atoms with van der Waals surface area (Å²) in [5.41, 5.74) is 3.11. The maximum atomic E-state index is 3.75. The molecule has 0 aliphatic carbocycles. The molecule has 1 N–H and O–H groups in total. The standard InChI is InChI=1S/C16H25N3/c1-3-16(9-6-10-17-16)13-19-12-11-18(2)14-7-4-5-8-15(14)19/h4-5,7-8,17H,3,6,9-13H2,1-2H3. The van der Waals surface area contributed by atoms with E-state index in [1.165, 1.54) is 37.2 Å². The number of hydrogen-bond acceptors (Lipinski definition) is 3. The van der Waals surface area contributed by atoms with E-state index >= 15 is 0 Å². The van der Waals surface area contributed by atoms with Crippen molar-refractivity contribution in [2.24, 2.45) is 0 Å². The second-order valence-electron chi connectivity index (χ2n) is 6.00. The van der Waals surface area contributed by atoms with Gasteiger partial charge in [-0.15, -0.1) is 0 Å². The van der Waals surface area contributed by atoms with E-state index in [9.17, 15) is 0 Å². The lowest BCUT2D eigenvalue weighted by Crippen LogP contribution is -2.52. The molecule has 1 saturated heterocycles. The van der Waals surface area contributed by atoms with Gasteiger partial charge in [-0.1, -0.05) is 19.1 Å². The maximum absolute atomic E-state index is 3.75. The summed E-state index contributed by atoms with van der Waals surface area (Å²) in [5.74, 6) is 0. The number of anilines is 2. The first-order chi connectivity index (χ1) is 9.24. The highest BCUT2D eigenvalue weighted by molar-refractivity contribution is 5.73. The number of likely N-dealkylation sites (N-methyl/N-ethyl adjacent to an activating group) is 1. The lowest BCUT2D eigenvalue weighted by Gasteiger charge is -2.42. The molecule has 19 heavy (non-hydrogen) atoms. The Kier molecular flexibility index (Phi) is 3.40. The van der Waals surface area contributed by atoms with Crippen LogP contribution >= 0.6 is 0 Å². The zero-order valence-electron chi connectivity index (χ0n) is 12.2. The topological polar surface area (TPSA) is 18.5 Å². The van der Waals surface area contributed by atoms with Crippen LogP contribution in [0.1, 0.15) is 26.2 Å². The zero-order chi connectivity index (χ0) is 13.3. The van der Waals surface area contributed by atoms with Crippen molar-refractivity contribution < 1.29 is 0 Å². The van der Waals surface area contributed by atoms with Gasteiger partial charge >= 0.3 is 0 Å². The van der Waals surface area contributed by atoms with Crippen molar-refractivity contribution >= 4 is 11.4 Å². The monoisotopic (exact) mass is 259 g/mol. The molecule has 0 bridgehead atoms. The lowest BCUT2D eigenvalue weighted by atomic mass is 9.93. The Morgan fingerprint density at radius 2 is 2.00 bits per heavy atom. The molecule has 3 rings (SSSR count). The second-order valence-corrected chi connectivity index (χ2v) is 6.00. The molecule has 104 valence electrons. The minimum Gasteiger partial charge on any atom is -0.371 e. The minimum atomic E-state index is 0.336. The first kappa shape index (κ1) is 12.8. The fourth-order valence-corrected chi connectivity index (χ4v) is 3.51. The molecular formula is C16H25N3. The SMILES string of the molecule is CCC1(CN2CCN(C)c3ccccc32)CCCN1. The van der Waals surface area contributed by atoms with Gasteiger partial charge in [0.05, 0.1) is 11.4 Å². The summed E-state index contributed by atoms with van der Waals surface area (Å²) in [5, 5.41) is 3.75. The van der Waals surface area contributed by atoms with Crippen LogP contribution in [0.25, 0.3) is 0 Å². The van der Waals surface area contributed by atoms with Gasteiger partial charge in [0.15, 0.2) is 0 Å². The van der Waals surface area contributed by atoms with Crippen molar-refractivity contribution in [1.29, 1.82) is 0 Å². The Morgan fingerprint density at radius 3 is 2.68 bits per heavy atom. The summed E-state index contributed by atoms with van der Waals surface area (Å²) in [4.78, 5) is 4.95. The van der Waals surface area contributed by atoms with E-state index in [1.807, 2.05) is 0 Å². The van der Waals surface area contributed by atoms with E-state index in [-0.39, 0.29) is 0 Å². The predicted molar refractivity (Wildman–Crippen MR) is 82.2 cm³/mol. The average Bonchev–Trinajstić information content (AvgIpc) is 2.92. The van der Waals surface area contributed by atoms with Crippen molar-refractivity contribution in [2.45, 2.75) is 31.7 Å². The minimum absolute atomic E-state index is 0.336. The molecular weight excluding hydrogens is 234 g/mol. The molecule has 0 spiro atoms. The second kappa shape index (κ2) is 5.04. The predicted octanol–water partition coefficient (Wildman–Crippen LogP) is 2.47. The molecule has 2 aliphatic rings. The third-order valence-electron chi connectivity index (χ3n) is 4.84. The Balaban J connectivity index is 1.84. The van der Waals surface area contributed by atoms with Gasteiger partial charge in [0, 0.05) is 32.2 Å². The van der Waals surface area contributed by atoms with E-state index in [0.29, 0.717) is 5.54 Å². The molecule has 1 aromatic rings. The zero-order valence-corrected chi connectivity index (χ0v) is 12.2. The number of hydrogen-bond donors (Lipinski definition) is 1. The first-order valence-electron chi connectivity index (χ1n) is 7.54.